The quantitative estimate of drug-likeness (QED) is 0.544. The van der Waals surface area contributed by atoms with Crippen molar-refractivity contribution in [3.63, 3.8) is 0 Å². The summed E-state index contributed by atoms with van der Waals surface area (Å²) >= 11 is 0. The Morgan fingerprint density at radius 2 is 2.07 bits per heavy atom. The highest BCUT2D eigenvalue weighted by Gasteiger charge is 2.01. The van der Waals surface area contributed by atoms with Crippen molar-refractivity contribution in [3.05, 3.63) is 42.0 Å². The van der Waals surface area contributed by atoms with Gasteiger partial charge >= 0.3 is 0 Å². The van der Waals surface area contributed by atoms with Crippen LogP contribution in [0.2, 0.25) is 0 Å². The van der Waals surface area contributed by atoms with Crippen LogP contribution in [0.5, 0.6) is 0 Å². The third kappa shape index (κ3) is 3.53. The number of aliphatic imine (C=N–C) groups is 1. The van der Waals surface area contributed by atoms with Gasteiger partial charge in [-0.1, -0.05) is 36.4 Å². The summed E-state index contributed by atoms with van der Waals surface area (Å²) in [7, 11) is 0. The average molecular weight is 201 g/mol. The van der Waals surface area contributed by atoms with Gasteiger partial charge in [0.1, 0.15) is 0 Å². The second-order valence-corrected chi connectivity index (χ2v) is 3.75. The zero-order chi connectivity index (χ0) is 11.3. The lowest BCUT2D eigenvalue weighted by Crippen LogP contribution is -2.02. The summed E-state index contributed by atoms with van der Waals surface area (Å²) in [6.07, 6.45) is 2.35. The van der Waals surface area contributed by atoms with Gasteiger partial charge in [0.25, 0.3) is 0 Å². The highest BCUT2D eigenvalue weighted by molar-refractivity contribution is 5.61. The lowest BCUT2D eigenvalue weighted by Gasteiger charge is -2.05. The molecule has 15 heavy (non-hydrogen) atoms. The van der Waals surface area contributed by atoms with Crippen LogP contribution in [0.3, 0.4) is 0 Å². The van der Waals surface area contributed by atoms with E-state index < -0.39 is 0 Å². The molecule has 2 nitrogen and oxygen atoms in total. The third-order valence-corrected chi connectivity index (χ3v) is 2.25. The van der Waals surface area contributed by atoms with Crippen molar-refractivity contribution in [2.45, 2.75) is 26.3 Å². The van der Waals surface area contributed by atoms with Crippen LogP contribution in [0.1, 0.15) is 25.0 Å². The van der Waals surface area contributed by atoms with E-state index in [0.717, 1.165) is 17.6 Å². The van der Waals surface area contributed by atoms with Gasteiger partial charge in [-0.15, -0.1) is 0 Å². The number of nitrogens with zero attached hydrogens (tertiary/aromatic N) is 1. The molecule has 0 aliphatic rings. The van der Waals surface area contributed by atoms with Crippen LogP contribution in [0.25, 0.3) is 5.57 Å². The molecule has 0 aromatic heterocycles. The molecule has 2 heteroatoms. The fourth-order valence-electron chi connectivity index (χ4n) is 1.40. The zero-order valence-corrected chi connectivity index (χ0v) is 9.16. The number of hydrogen-bond acceptors (Lipinski definition) is 2. The second kappa shape index (κ2) is 5.28. The summed E-state index contributed by atoms with van der Waals surface area (Å²) in [5, 5.41) is 0. The van der Waals surface area contributed by atoms with Gasteiger partial charge < -0.3 is 0 Å². The molecule has 1 aromatic carbocycles. The van der Waals surface area contributed by atoms with Gasteiger partial charge in [0.2, 0.25) is 6.08 Å². The summed E-state index contributed by atoms with van der Waals surface area (Å²) in [4.78, 5) is 13.7. The molecule has 1 unspecified atom stereocenters. The van der Waals surface area contributed by atoms with Crippen molar-refractivity contribution in [1.29, 1.82) is 0 Å². The van der Waals surface area contributed by atoms with Crippen molar-refractivity contribution in [2.75, 3.05) is 0 Å². The SMILES string of the molecule is C=C(C)c1ccc(CC(C)N=C=O)cc1. The molecular formula is C13H15NO. The standard InChI is InChI=1S/C13H15NO/c1-10(2)13-6-4-12(5-7-13)8-11(3)14-9-15/h4-7,11H,1,8H2,2-3H3. The first-order valence-electron chi connectivity index (χ1n) is 4.95. The normalized spacial score (nSPS) is 11.6. The highest BCUT2D eigenvalue weighted by atomic mass is 16.1. The van der Waals surface area contributed by atoms with Crippen LogP contribution >= 0.6 is 0 Å². The predicted molar refractivity (Wildman–Crippen MR) is 62.4 cm³/mol. The number of carbonyl (C=O) groups excluding carboxylic acids is 1. The predicted octanol–water partition coefficient (Wildman–Crippen LogP) is 2.99. The Hall–Kier alpha value is -1.66. The van der Waals surface area contributed by atoms with E-state index in [4.69, 9.17) is 0 Å². The monoisotopic (exact) mass is 201 g/mol. The molecule has 1 atom stereocenters. The summed E-state index contributed by atoms with van der Waals surface area (Å²) in [5.74, 6) is 0. The number of allylic oxidation sites excluding steroid dienone is 1. The number of benzene rings is 1. The smallest absolute Gasteiger partial charge is 0.211 e. The maximum atomic E-state index is 10.0. The van der Waals surface area contributed by atoms with E-state index in [9.17, 15) is 4.79 Å². The Morgan fingerprint density at radius 3 is 2.53 bits per heavy atom. The highest BCUT2D eigenvalue weighted by Crippen LogP contribution is 2.13. The van der Waals surface area contributed by atoms with Crippen LogP contribution in [-0.4, -0.2) is 12.1 Å². The topological polar surface area (TPSA) is 29.4 Å². The van der Waals surface area contributed by atoms with Crippen molar-refractivity contribution in [1.82, 2.24) is 0 Å². The molecule has 78 valence electrons. The summed E-state index contributed by atoms with van der Waals surface area (Å²) in [5.41, 5.74) is 3.37. The van der Waals surface area contributed by atoms with Crippen molar-refractivity contribution < 1.29 is 4.79 Å². The van der Waals surface area contributed by atoms with Crippen LogP contribution in [0.15, 0.2) is 35.8 Å². The molecule has 1 rings (SSSR count). The lowest BCUT2D eigenvalue weighted by atomic mass is 10.0. The summed E-state index contributed by atoms with van der Waals surface area (Å²) in [6.45, 7) is 7.76. The fourth-order valence-corrected chi connectivity index (χ4v) is 1.40. The average Bonchev–Trinajstić information content (AvgIpc) is 2.18. The molecule has 0 N–H and O–H groups in total. The fraction of sp³-hybridized carbons (Fsp3) is 0.308. The molecule has 0 saturated heterocycles. The first-order chi connectivity index (χ1) is 7.13. The molecule has 0 spiro atoms. The summed E-state index contributed by atoms with van der Waals surface area (Å²) in [6, 6.07) is 8.16. The van der Waals surface area contributed by atoms with E-state index >= 15 is 0 Å². The molecule has 0 radical (unpaired) electrons. The van der Waals surface area contributed by atoms with Gasteiger partial charge in [-0.2, -0.15) is 0 Å². The minimum absolute atomic E-state index is 0.00169. The molecule has 0 aliphatic heterocycles. The Labute approximate surface area is 90.4 Å². The van der Waals surface area contributed by atoms with Crippen LogP contribution < -0.4 is 0 Å². The van der Waals surface area contributed by atoms with Gasteiger partial charge in [-0.05, 0) is 31.4 Å². The number of isocyanates is 1. The third-order valence-electron chi connectivity index (χ3n) is 2.25. The molecule has 0 amide bonds. The number of hydrogen-bond donors (Lipinski definition) is 0. The minimum atomic E-state index is -0.00169. The Morgan fingerprint density at radius 1 is 1.47 bits per heavy atom. The van der Waals surface area contributed by atoms with Crippen molar-refractivity contribution in [2.24, 2.45) is 4.99 Å². The van der Waals surface area contributed by atoms with Crippen molar-refractivity contribution in [3.8, 4) is 0 Å². The van der Waals surface area contributed by atoms with Crippen LogP contribution in [0, 0.1) is 0 Å². The van der Waals surface area contributed by atoms with E-state index in [1.807, 2.05) is 38.1 Å². The molecule has 0 saturated carbocycles. The van der Waals surface area contributed by atoms with Gasteiger partial charge in [0.05, 0.1) is 6.04 Å². The first kappa shape index (κ1) is 11.4. The Bertz CT molecular complexity index is 386. The van der Waals surface area contributed by atoms with Gasteiger partial charge in [-0.25, -0.2) is 9.79 Å². The van der Waals surface area contributed by atoms with Crippen LogP contribution in [-0.2, 0) is 11.2 Å². The molecular weight excluding hydrogens is 186 g/mol. The van der Waals surface area contributed by atoms with Crippen LogP contribution in [0.4, 0.5) is 0 Å². The van der Waals surface area contributed by atoms with E-state index in [2.05, 4.69) is 11.6 Å². The zero-order valence-electron chi connectivity index (χ0n) is 9.16. The largest absolute Gasteiger partial charge is 0.235 e. The molecule has 0 fully saturated rings. The molecule has 0 aliphatic carbocycles. The van der Waals surface area contributed by atoms with E-state index in [1.165, 1.54) is 5.56 Å². The Kier molecular flexibility index (Phi) is 4.02. The van der Waals surface area contributed by atoms with Crippen molar-refractivity contribution >= 4 is 11.7 Å². The van der Waals surface area contributed by atoms with Gasteiger partial charge in [0, 0.05) is 0 Å². The minimum Gasteiger partial charge on any atom is -0.211 e. The number of rotatable bonds is 4. The first-order valence-corrected chi connectivity index (χ1v) is 4.95. The molecule has 0 heterocycles. The Balaban J connectivity index is 2.72. The van der Waals surface area contributed by atoms with Gasteiger partial charge in [-0.3, -0.25) is 0 Å². The molecule has 0 bridgehead atoms. The van der Waals surface area contributed by atoms with Gasteiger partial charge in [0.15, 0.2) is 0 Å². The lowest BCUT2D eigenvalue weighted by molar-refractivity contribution is 0.558. The summed E-state index contributed by atoms with van der Waals surface area (Å²) < 4.78 is 0. The maximum Gasteiger partial charge on any atom is 0.235 e. The second-order valence-electron chi connectivity index (χ2n) is 3.75. The van der Waals surface area contributed by atoms with E-state index in [0.29, 0.717) is 0 Å². The van der Waals surface area contributed by atoms with E-state index in [1.54, 1.807) is 6.08 Å². The maximum absolute atomic E-state index is 10.0. The van der Waals surface area contributed by atoms with E-state index in [-0.39, 0.29) is 6.04 Å². The molecule has 1 aromatic rings.